The summed E-state index contributed by atoms with van der Waals surface area (Å²) in [4.78, 5) is 21.9. The van der Waals surface area contributed by atoms with E-state index in [0.717, 1.165) is 35.5 Å². The molecule has 2 aromatic rings. The molecule has 3 rings (SSSR count). The van der Waals surface area contributed by atoms with Gasteiger partial charge in [0.2, 0.25) is 0 Å². The lowest BCUT2D eigenvalue weighted by atomic mass is 10.2. The Morgan fingerprint density at radius 3 is 2.95 bits per heavy atom. The summed E-state index contributed by atoms with van der Waals surface area (Å²) in [6.07, 6.45) is 1.16. The largest absolute Gasteiger partial charge is 0.365 e. The number of hydrogen-bond acceptors (Lipinski definition) is 5. The zero-order valence-electron chi connectivity index (χ0n) is 11.7. The third-order valence-corrected chi connectivity index (χ3v) is 4.89. The van der Waals surface area contributed by atoms with E-state index < -0.39 is 0 Å². The van der Waals surface area contributed by atoms with Gasteiger partial charge in [-0.05, 0) is 38.7 Å². The quantitative estimate of drug-likeness (QED) is 0.931. The average molecular weight is 290 g/mol. The lowest BCUT2D eigenvalue weighted by molar-refractivity contribution is 0.100. The van der Waals surface area contributed by atoms with Gasteiger partial charge in [-0.2, -0.15) is 0 Å². The summed E-state index contributed by atoms with van der Waals surface area (Å²) >= 11 is 1.36. The van der Waals surface area contributed by atoms with Gasteiger partial charge in [0.05, 0.1) is 4.88 Å². The molecule has 2 aromatic heterocycles. The van der Waals surface area contributed by atoms with Gasteiger partial charge in [-0.3, -0.25) is 4.79 Å². The first kappa shape index (κ1) is 13.3. The highest BCUT2D eigenvalue weighted by molar-refractivity contribution is 7.20. The number of aromatic nitrogens is 1. The van der Waals surface area contributed by atoms with Crippen molar-refractivity contribution in [1.29, 1.82) is 0 Å². The summed E-state index contributed by atoms with van der Waals surface area (Å²) in [7, 11) is 4.23. The van der Waals surface area contributed by atoms with E-state index in [9.17, 15) is 4.79 Å². The zero-order chi connectivity index (χ0) is 14.3. The van der Waals surface area contributed by atoms with Crippen molar-refractivity contribution in [1.82, 2.24) is 9.88 Å². The summed E-state index contributed by atoms with van der Waals surface area (Å²) in [6, 6.07) is 6.43. The first-order chi connectivity index (χ1) is 9.54. The number of likely N-dealkylation sites (N-methyl/N-ethyl adjacent to an activating group) is 1. The van der Waals surface area contributed by atoms with Crippen molar-refractivity contribution >= 4 is 33.3 Å². The zero-order valence-corrected chi connectivity index (χ0v) is 12.5. The molecule has 1 amide bonds. The fourth-order valence-corrected chi connectivity index (χ4v) is 3.46. The number of amides is 1. The van der Waals surface area contributed by atoms with Crippen molar-refractivity contribution in [2.45, 2.75) is 12.5 Å². The lowest BCUT2D eigenvalue weighted by Gasteiger charge is -2.21. The van der Waals surface area contributed by atoms with Crippen LogP contribution in [-0.4, -0.2) is 49.0 Å². The van der Waals surface area contributed by atoms with E-state index in [4.69, 9.17) is 5.73 Å². The number of nitrogens with zero attached hydrogens (tertiary/aromatic N) is 3. The van der Waals surface area contributed by atoms with Gasteiger partial charge in [-0.1, -0.05) is 0 Å². The number of carbonyl (C=O) groups excluding carboxylic acids is 1. The second-order valence-corrected chi connectivity index (χ2v) is 6.42. The molecule has 0 radical (unpaired) electrons. The van der Waals surface area contributed by atoms with E-state index in [1.165, 1.54) is 11.3 Å². The van der Waals surface area contributed by atoms with Gasteiger partial charge in [0.1, 0.15) is 10.6 Å². The van der Waals surface area contributed by atoms with Gasteiger partial charge in [0.15, 0.2) is 0 Å². The van der Waals surface area contributed by atoms with Crippen LogP contribution in [0.5, 0.6) is 0 Å². The number of nitrogens with two attached hydrogens (primary N) is 1. The maximum absolute atomic E-state index is 11.2. The summed E-state index contributed by atoms with van der Waals surface area (Å²) in [5.41, 5.74) is 5.32. The predicted molar refractivity (Wildman–Crippen MR) is 82.4 cm³/mol. The second-order valence-electron chi connectivity index (χ2n) is 5.39. The number of rotatable bonds is 3. The van der Waals surface area contributed by atoms with Crippen LogP contribution in [0.3, 0.4) is 0 Å². The van der Waals surface area contributed by atoms with Crippen LogP contribution >= 0.6 is 11.3 Å². The van der Waals surface area contributed by atoms with Gasteiger partial charge in [-0.15, -0.1) is 11.3 Å². The van der Waals surface area contributed by atoms with Gasteiger partial charge >= 0.3 is 0 Å². The normalized spacial score (nSPS) is 19.1. The van der Waals surface area contributed by atoms with E-state index in [2.05, 4.69) is 28.9 Å². The number of thiophene rings is 1. The fourth-order valence-electron chi connectivity index (χ4n) is 2.58. The monoisotopic (exact) mass is 290 g/mol. The molecule has 1 saturated heterocycles. The minimum atomic E-state index is -0.386. The van der Waals surface area contributed by atoms with Crippen molar-refractivity contribution in [3.8, 4) is 0 Å². The molecule has 20 heavy (non-hydrogen) atoms. The Morgan fingerprint density at radius 1 is 1.50 bits per heavy atom. The molecule has 3 heterocycles. The molecule has 0 spiro atoms. The molecule has 1 aliphatic heterocycles. The third kappa shape index (κ3) is 2.36. The van der Waals surface area contributed by atoms with Crippen LogP contribution in [0.25, 0.3) is 10.2 Å². The van der Waals surface area contributed by atoms with Crippen LogP contribution in [0.2, 0.25) is 0 Å². The maximum Gasteiger partial charge on any atom is 0.258 e. The summed E-state index contributed by atoms with van der Waals surface area (Å²) < 4.78 is 0. The molecule has 0 aliphatic carbocycles. The Kier molecular flexibility index (Phi) is 3.35. The molecule has 1 aliphatic rings. The third-order valence-electron chi connectivity index (χ3n) is 3.83. The number of fused-ring (bicyclic) bond motifs is 1. The standard InChI is InChI=1S/C14H18N4OS/c1-17(2)10-5-6-18(8-10)12-4-3-9-7-11(13(15)19)20-14(9)16-12/h3-4,7,10H,5-6,8H2,1-2H3,(H2,15,19). The molecular weight excluding hydrogens is 272 g/mol. The molecule has 1 fully saturated rings. The molecule has 0 bridgehead atoms. The van der Waals surface area contributed by atoms with Crippen molar-refractivity contribution in [3.05, 3.63) is 23.1 Å². The number of pyridine rings is 1. The minimum Gasteiger partial charge on any atom is -0.365 e. The highest BCUT2D eigenvalue weighted by atomic mass is 32.1. The molecule has 106 valence electrons. The Hall–Kier alpha value is -1.66. The molecule has 0 saturated carbocycles. The van der Waals surface area contributed by atoms with Gasteiger partial charge in [-0.25, -0.2) is 4.98 Å². The summed E-state index contributed by atoms with van der Waals surface area (Å²) in [5.74, 6) is 0.600. The average Bonchev–Trinajstić information content (AvgIpc) is 3.04. The van der Waals surface area contributed by atoms with Crippen molar-refractivity contribution in [2.75, 3.05) is 32.1 Å². The van der Waals surface area contributed by atoms with Crippen molar-refractivity contribution < 1.29 is 4.79 Å². The first-order valence-electron chi connectivity index (χ1n) is 6.66. The van der Waals surface area contributed by atoms with E-state index in [0.29, 0.717) is 10.9 Å². The van der Waals surface area contributed by atoms with Crippen LogP contribution in [-0.2, 0) is 0 Å². The van der Waals surface area contributed by atoms with Crippen LogP contribution in [0.1, 0.15) is 16.1 Å². The SMILES string of the molecule is CN(C)C1CCN(c2ccc3cc(C(N)=O)sc3n2)C1. The Morgan fingerprint density at radius 2 is 2.30 bits per heavy atom. The number of carbonyl (C=O) groups is 1. The smallest absolute Gasteiger partial charge is 0.258 e. The lowest BCUT2D eigenvalue weighted by Crippen LogP contribution is -2.31. The van der Waals surface area contributed by atoms with Crippen LogP contribution in [0.15, 0.2) is 18.2 Å². The Bertz CT molecular complexity index is 652. The molecule has 5 nitrogen and oxygen atoms in total. The van der Waals surface area contributed by atoms with Gasteiger partial charge < -0.3 is 15.5 Å². The minimum absolute atomic E-state index is 0.386. The van der Waals surface area contributed by atoms with Crippen LogP contribution in [0, 0.1) is 0 Å². The topological polar surface area (TPSA) is 62.5 Å². The van der Waals surface area contributed by atoms with Gasteiger partial charge in [0, 0.05) is 24.5 Å². The van der Waals surface area contributed by atoms with Crippen LogP contribution < -0.4 is 10.6 Å². The highest BCUT2D eigenvalue weighted by Crippen LogP contribution is 2.28. The molecular formula is C14H18N4OS. The number of primary amides is 1. The first-order valence-corrected chi connectivity index (χ1v) is 7.48. The highest BCUT2D eigenvalue weighted by Gasteiger charge is 2.25. The summed E-state index contributed by atoms with van der Waals surface area (Å²) in [6.45, 7) is 2.02. The number of hydrogen-bond donors (Lipinski definition) is 1. The van der Waals surface area contributed by atoms with E-state index >= 15 is 0 Å². The van der Waals surface area contributed by atoms with E-state index in [1.807, 2.05) is 18.2 Å². The predicted octanol–water partition coefficient (Wildman–Crippen LogP) is 1.54. The maximum atomic E-state index is 11.2. The van der Waals surface area contributed by atoms with E-state index in [1.54, 1.807) is 0 Å². The van der Waals surface area contributed by atoms with Crippen molar-refractivity contribution in [3.63, 3.8) is 0 Å². The second kappa shape index (κ2) is 5.03. The summed E-state index contributed by atoms with van der Waals surface area (Å²) in [5, 5.41) is 0.982. The number of anilines is 1. The van der Waals surface area contributed by atoms with Crippen molar-refractivity contribution in [2.24, 2.45) is 5.73 Å². The Balaban J connectivity index is 1.88. The molecule has 1 atom stereocenters. The Labute approximate surface area is 122 Å². The molecule has 1 unspecified atom stereocenters. The van der Waals surface area contributed by atoms with E-state index in [-0.39, 0.29) is 5.91 Å². The fraction of sp³-hybridized carbons (Fsp3) is 0.429. The molecule has 0 aromatic carbocycles. The van der Waals surface area contributed by atoms with Crippen LogP contribution in [0.4, 0.5) is 5.82 Å². The van der Waals surface area contributed by atoms with Gasteiger partial charge in [0.25, 0.3) is 5.91 Å². The molecule has 2 N–H and O–H groups in total. The molecule has 6 heteroatoms.